The van der Waals surface area contributed by atoms with E-state index in [-0.39, 0.29) is 11.3 Å². The van der Waals surface area contributed by atoms with E-state index < -0.39 is 11.7 Å². The van der Waals surface area contributed by atoms with E-state index in [0.717, 1.165) is 31.1 Å². The molecular weight excluding hydrogens is 380 g/mol. The summed E-state index contributed by atoms with van der Waals surface area (Å²) in [4.78, 5) is 0. The molecule has 0 spiro atoms. The molecule has 5 saturated carbocycles. The second kappa shape index (κ2) is 6.53. The summed E-state index contributed by atoms with van der Waals surface area (Å²) >= 11 is 0. The topological polar surface area (TPSA) is 40.5 Å². The lowest BCUT2D eigenvalue weighted by atomic mass is 9.31. The highest BCUT2D eigenvalue weighted by Crippen LogP contribution is 2.77. The van der Waals surface area contributed by atoms with Crippen molar-refractivity contribution in [2.24, 2.45) is 50.7 Å². The minimum atomic E-state index is -0.927. The first-order valence-corrected chi connectivity index (χ1v) is 13.6. The van der Waals surface area contributed by atoms with Crippen LogP contribution in [0.2, 0.25) is 0 Å². The number of aliphatic hydroxyl groups is 2. The first-order valence-electron chi connectivity index (χ1n) is 13.6. The van der Waals surface area contributed by atoms with E-state index in [0.29, 0.717) is 27.6 Å². The van der Waals surface area contributed by atoms with Crippen LogP contribution in [0.5, 0.6) is 0 Å². The molecule has 5 aliphatic carbocycles. The molecule has 0 bridgehead atoms. The van der Waals surface area contributed by atoms with Crippen molar-refractivity contribution < 1.29 is 10.2 Å². The van der Waals surface area contributed by atoms with E-state index in [4.69, 9.17) is 0 Å². The van der Waals surface area contributed by atoms with Crippen molar-refractivity contribution in [2.45, 2.75) is 131 Å². The predicted molar refractivity (Wildman–Crippen MR) is 128 cm³/mol. The fourth-order valence-corrected chi connectivity index (χ4v) is 11.8. The Morgan fingerprint density at radius 1 is 0.548 bits per heavy atom. The SMILES string of the molecule is CC1(C)CCC[C@]2(C)[C@H]3CC[C@@H]4[C@@]5(C)CC[C@H](O)[C@@](C)(O)[C@H]5CC[C@@]4(C)[C@]3(C)CC[C@@H]12. The second-order valence-corrected chi connectivity index (χ2v) is 14.8. The van der Waals surface area contributed by atoms with Gasteiger partial charge in [-0.05, 0) is 122 Å². The van der Waals surface area contributed by atoms with Crippen molar-refractivity contribution in [1.29, 1.82) is 0 Å². The number of rotatable bonds is 0. The second-order valence-electron chi connectivity index (χ2n) is 14.8. The lowest BCUT2D eigenvalue weighted by molar-refractivity contribution is -0.275. The Morgan fingerprint density at radius 3 is 1.65 bits per heavy atom. The quantitative estimate of drug-likeness (QED) is 0.435. The van der Waals surface area contributed by atoms with Crippen LogP contribution in [-0.4, -0.2) is 21.9 Å². The largest absolute Gasteiger partial charge is 0.390 e. The molecule has 2 nitrogen and oxygen atoms in total. The third-order valence-electron chi connectivity index (χ3n) is 13.5. The van der Waals surface area contributed by atoms with Crippen molar-refractivity contribution in [1.82, 2.24) is 0 Å². The molecule has 0 unspecified atom stereocenters. The highest BCUT2D eigenvalue weighted by atomic mass is 16.3. The van der Waals surface area contributed by atoms with Crippen LogP contribution >= 0.6 is 0 Å². The third-order valence-corrected chi connectivity index (χ3v) is 13.5. The summed E-state index contributed by atoms with van der Waals surface area (Å²) in [6.45, 7) is 17.6. The van der Waals surface area contributed by atoms with E-state index in [9.17, 15) is 10.2 Å². The first-order chi connectivity index (χ1) is 14.2. The van der Waals surface area contributed by atoms with Crippen LogP contribution in [0.1, 0.15) is 119 Å². The molecule has 0 aromatic heterocycles. The summed E-state index contributed by atoms with van der Waals surface area (Å²) in [5.74, 6) is 2.64. The van der Waals surface area contributed by atoms with Gasteiger partial charge in [-0.25, -0.2) is 0 Å². The minimum absolute atomic E-state index is 0.160. The molecule has 5 fully saturated rings. The monoisotopic (exact) mass is 430 g/mol. The van der Waals surface area contributed by atoms with Gasteiger partial charge < -0.3 is 10.2 Å². The third kappa shape index (κ3) is 2.64. The Balaban J connectivity index is 1.54. The van der Waals surface area contributed by atoms with Gasteiger partial charge in [-0.2, -0.15) is 0 Å². The molecule has 2 N–H and O–H groups in total. The minimum Gasteiger partial charge on any atom is -0.390 e. The van der Waals surface area contributed by atoms with Crippen LogP contribution in [0.3, 0.4) is 0 Å². The van der Waals surface area contributed by atoms with Gasteiger partial charge in [0.1, 0.15) is 0 Å². The van der Waals surface area contributed by atoms with Gasteiger partial charge >= 0.3 is 0 Å². The number of hydrogen-bond acceptors (Lipinski definition) is 2. The van der Waals surface area contributed by atoms with Crippen LogP contribution in [-0.2, 0) is 0 Å². The zero-order chi connectivity index (χ0) is 22.7. The zero-order valence-corrected chi connectivity index (χ0v) is 21.6. The molecule has 2 heteroatoms. The van der Waals surface area contributed by atoms with Crippen LogP contribution in [0.25, 0.3) is 0 Å². The predicted octanol–water partition coefficient (Wildman–Crippen LogP) is 6.97. The Hall–Kier alpha value is -0.0800. The fourth-order valence-electron chi connectivity index (χ4n) is 11.8. The standard InChI is InChI=1S/C29H50O2/c1-24(2)14-8-15-25(3)19(24)11-17-27(5)20(25)9-10-21-26(4)16-13-23(30)29(7,31)22(26)12-18-28(21,27)6/h19-23,30-31H,8-18H2,1-7H3/t19-,20+,21+,22-,23-,25-,26+,27+,28+,29-/m0/s1. The smallest absolute Gasteiger partial charge is 0.0910 e. The van der Waals surface area contributed by atoms with Crippen LogP contribution < -0.4 is 0 Å². The van der Waals surface area contributed by atoms with Gasteiger partial charge in [0.05, 0.1) is 11.7 Å². The normalized spacial score (nSPS) is 60.9. The maximum Gasteiger partial charge on any atom is 0.0910 e. The summed E-state index contributed by atoms with van der Waals surface area (Å²) in [6, 6.07) is 0. The molecule has 5 rings (SSSR count). The number of fused-ring (bicyclic) bond motifs is 7. The van der Waals surface area contributed by atoms with Gasteiger partial charge in [0, 0.05) is 0 Å². The highest BCUT2D eigenvalue weighted by molar-refractivity contribution is 5.20. The number of hydrogen-bond donors (Lipinski definition) is 2. The highest BCUT2D eigenvalue weighted by Gasteiger charge is 2.71. The van der Waals surface area contributed by atoms with Crippen molar-refractivity contribution in [3.05, 3.63) is 0 Å². The maximum absolute atomic E-state index is 11.4. The lowest BCUT2D eigenvalue weighted by Crippen LogP contribution is -2.69. The molecule has 5 aliphatic rings. The van der Waals surface area contributed by atoms with Crippen LogP contribution in [0.4, 0.5) is 0 Å². The van der Waals surface area contributed by atoms with E-state index >= 15 is 0 Å². The van der Waals surface area contributed by atoms with Gasteiger partial charge in [-0.1, -0.05) is 48.0 Å². The Kier molecular flexibility index (Phi) is 4.78. The maximum atomic E-state index is 11.4. The Morgan fingerprint density at radius 2 is 1.06 bits per heavy atom. The van der Waals surface area contributed by atoms with Gasteiger partial charge in [0.2, 0.25) is 0 Å². The molecule has 0 aromatic carbocycles. The Labute approximate surface area is 192 Å². The molecule has 178 valence electrons. The fraction of sp³-hybridized carbons (Fsp3) is 1.00. The molecule has 0 aliphatic heterocycles. The first kappa shape index (κ1) is 22.7. The van der Waals surface area contributed by atoms with Crippen molar-refractivity contribution in [3.8, 4) is 0 Å². The van der Waals surface area contributed by atoms with Gasteiger partial charge in [-0.15, -0.1) is 0 Å². The average Bonchev–Trinajstić information content (AvgIpc) is 2.65. The molecule has 0 heterocycles. The average molecular weight is 431 g/mol. The molecule has 0 saturated heterocycles. The summed E-state index contributed by atoms with van der Waals surface area (Å²) < 4.78 is 0. The summed E-state index contributed by atoms with van der Waals surface area (Å²) in [6.07, 6.45) is 13.4. The van der Waals surface area contributed by atoms with Crippen LogP contribution in [0, 0.1) is 50.7 Å². The van der Waals surface area contributed by atoms with E-state index in [1.807, 2.05) is 6.92 Å². The number of aliphatic hydroxyl groups excluding tert-OH is 1. The van der Waals surface area contributed by atoms with Gasteiger partial charge in [0.15, 0.2) is 0 Å². The van der Waals surface area contributed by atoms with Crippen molar-refractivity contribution in [2.75, 3.05) is 0 Å². The lowest BCUT2D eigenvalue weighted by Gasteiger charge is -2.74. The molecule has 0 radical (unpaired) electrons. The summed E-state index contributed by atoms with van der Waals surface area (Å²) in [5, 5.41) is 22.0. The van der Waals surface area contributed by atoms with E-state index in [1.165, 1.54) is 51.4 Å². The van der Waals surface area contributed by atoms with Crippen LogP contribution in [0.15, 0.2) is 0 Å². The summed E-state index contributed by atoms with van der Waals surface area (Å²) in [7, 11) is 0. The van der Waals surface area contributed by atoms with Crippen molar-refractivity contribution >= 4 is 0 Å². The van der Waals surface area contributed by atoms with E-state index in [2.05, 4.69) is 41.5 Å². The van der Waals surface area contributed by atoms with E-state index in [1.54, 1.807) is 0 Å². The molecule has 10 atom stereocenters. The van der Waals surface area contributed by atoms with Gasteiger partial charge in [0.25, 0.3) is 0 Å². The zero-order valence-electron chi connectivity index (χ0n) is 21.6. The Bertz CT molecular complexity index is 741. The molecule has 0 amide bonds. The van der Waals surface area contributed by atoms with Crippen molar-refractivity contribution in [3.63, 3.8) is 0 Å². The molecule has 0 aromatic rings. The molecular formula is C29H50O2. The van der Waals surface area contributed by atoms with Gasteiger partial charge in [-0.3, -0.25) is 0 Å². The summed E-state index contributed by atoms with van der Waals surface area (Å²) in [5.41, 5.74) is 0.985. The molecule has 31 heavy (non-hydrogen) atoms.